The van der Waals surface area contributed by atoms with E-state index in [1.807, 2.05) is 0 Å². The summed E-state index contributed by atoms with van der Waals surface area (Å²) in [4.78, 5) is 0. The van der Waals surface area contributed by atoms with Crippen molar-refractivity contribution in [1.29, 1.82) is 0 Å². The topological polar surface area (TPSA) is 80.9 Å². The average molecular weight is 235 g/mol. The van der Waals surface area contributed by atoms with Crippen LogP contribution in [-0.2, 0) is 0 Å². The van der Waals surface area contributed by atoms with Gasteiger partial charge in [-0.2, -0.15) is 0 Å². The van der Waals surface area contributed by atoms with Crippen LogP contribution in [0.1, 0.15) is 0 Å². The van der Waals surface area contributed by atoms with Gasteiger partial charge in [-0.05, 0) is 6.07 Å². The third-order valence-electron chi connectivity index (χ3n) is 1.67. The van der Waals surface area contributed by atoms with E-state index in [0.717, 1.165) is 6.07 Å². The summed E-state index contributed by atoms with van der Waals surface area (Å²) in [5, 5.41) is 35.6. The zero-order chi connectivity index (χ0) is 10.9. The largest absolute Gasteiger partial charge is 0.489 e. The van der Waals surface area contributed by atoms with Gasteiger partial charge >= 0.3 is 14.2 Å². The molecule has 0 spiro atoms. The first-order valence-electron chi connectivity index (χ1n) is 3.64. The lowest BCUT2D eigenvalue weighted by Crippen LogP contribution is -2.39. The minimum absolute atomic E-state index is 0.0285. The fourth-order valence-corrected chi connectivity index (χ4v) is 1.56. The van der Waals surface area contributed by atoms with Crippen LogP contribution in [0, 0.1) is 0 Å². The molecule has 4 nitrogen and oxygen atoms in total. The molecule has 0 aliphatic carbocycles. The van der Waals surface area contributed by atoms with Crippen LogP contribution < -0.4 is 10.9 Å². The van der Waals surface area contributed by atoms with Gasteiger partial charge in [0.15, 0.2) is 0 Å². The first-order valence-corrected chi connectivity index (χ1v) is 4.40. The highest BCUT2D eigenvalue weighted by atomic mass is 35.5. The second-order valence-corrected chi connectivity index (χ2v) is 3.46. The Bertz CT molecular complexity index is 316. The number of hydrogen-bond donors (Lipinski definition) is 4. The molecule has 0 aromatic heterocycles. The maximum absolute atomic E-state index is 8.87. The third-order valence-corrected chi connectivity index (χ3v) is 2.33. The lowest BCUT2D eigenvalue weighted by molar-refractivity contribution is 0.425. The summed E-state index contributed by atoms with van der Waals surface area (Å²) >= 11 is 11.3. The van der Waals surface area contributed by atoms with Crippen molar-refractivity contribution in [2.45, 2.75) is 0 Å². The van der Waals surface area contributed by atoms with Gasteiger partial charge in [-0.25, -0.2) is 0 Å². The maximum Gasteiger partial charge on any atom is 0.489 e. The van der Waals surface area contributed by atoms with E-state index in [9.17, 15) is 0 Å². The van der Waals surface area contributed by atoms with Crippen molar-refractivity contribution in [2.24, 2.45) is 0 Å². The molecule has 1 aromatic carbocycles. The molecule has 0 aliphatic heterocycles. The van der Waals surface area contributed by atoms with Crippen molar-refractivity contribution < 1.29 is 20.1 Å². The zero-order valence-electron chi connectivity index (χ0n) is 6.85. The first-order chi connectivity index (χ1) is 6.43. The van der Waals surface area contributed by atoms with Gasteiger partial charge in [-0.3, -0.25) is 0 Å². The van der Waals surface area contributed by atoms with Crippen molar-refractivity contribution in [1.82, 2.24) is 0 Å². The Hall–Kier alpha value is -0.230. The summed E-state index contributed by atoms with van der Waals surface area (Å²) in [5.74, 6) is 0. The summed E-state index contributed by atoms with van der Waals surface area (Å²) in [6, 6.07) is 2.34. The summed E-state index contributed by atoms with van der Waals surface area (Å²) in [6.07, 6.45) is 0. The van der Waals surface area contributed by atoms with E-state index < -0.39 is 14.2 Å². The number of halogens is 2. The Morgan fingerprint density at radius 3 is 1.43 bits per heavy atom. The molecular formula is C6H6B2Cl2O4. The maximum atomic E-state index is 8.87. The van der Waals surface area contributed by atoms with Gasteiger partial charge in [-0.1, -0.05) is 29.3 Å². The minimum Gasteiger partial charge on any atom is -0.423 e. The van der Waals surface area contributed by atoms with Crippen molar-refractivity contribution in [3.8, 4) is 0 Å². The third kappa shape index (κ3) is 2.42. The molecule has 0 unspecified atom stereocenters. The smallest absolute Gasteiger partial charge is 0.423 e. The first kappa shape index (κ1) is 11.8. The second kappa shape index (κ2) is 4.53. The fourth-order valence-electron chi connectivity index (χ4n) is 0.979. The average Bonchev–Trinajstić information content (AvgIpc) is 2.02. The van der Waals surface area contributed by atoms with Crippen LogP contribution in [-0.4, -0.2) is 34.3 Å². The van der Waals surface area contributed by atoms with Gasteiger partial charge in [0.05, 0.1) is 0 Å². The minimum atomic E-state index is -1.78. The van der Waals surface area contributed by atoms with E-state index in [4.69, 9.17) is 43.3 Å². The van der Waals surface area contributed by atoms with Gasteiger partial charge in [0, 0.05) is 21.0 Å². The van der Waals surface area contributed by atoms with E-state index in [0.29, 0.717) is 0 Å². The Morgan fingerprint density at radius 1 is 0.786 bits per heavy atom. The molecule has 14 heavy (non-hydrogen) atoms. The van der Waals surface area contributed by atoms with Gasteiger partial charge in [0.1, 0.15) is 0 Å². The second-order valence-electron chi connectivity index (χ2n) is 2.64. The Labute approximate surface area is 91.0 Å². The van der Waals surface area contributed by atoms with Crippen molar-refractivity contribution >= 4 is 48.4 Å². The van der Waals surface area contributed by atoms with Crippen LogP contribution in [0.4, 0.5) is 0 Å². The predicted octanol–water partition coefficient (Wildman–Crippen LogP) is -1.65. The van der Waals surface area contributed by atoms with Crippen LogP contribution in [0.25, 0.3) is 0 Å². The Kier molecular flexibility index (Phi) is 3.83. The summed E-state index contributed by atoms with van der Waals surface area (Å²) in [7, 11) is -3.56. The van der Waals surface area contributed by atoms with E-state index in [1.54, 1.807) is 0 Å². The molecule has 0 heterocycles. The highest BCUT2D eigenvalue weighted by Crippen LogP contribution is 2.12. The summed E-state index contributed by atoms with van der Waals surface area (Å²) in [5.41, 5.74) is -0.0571. The molecule has 0 bridgehead atoms. The monoisotopic (exact) mass is 234 g/mol. The standard InChI is InChI=1S/C6H6B2Cl2O4/c9-5-2-6(10)4(8(13)14)1-3(5)7(11)12/h1-2,11-14H. The van der Waals surface area contributed by atoms with Crippen molar-refractivity contribution in [3.63, 3.8) is 0 Å². The molecule has 0 radical (unpaired) electrons. The molecule has 0 saturated heterocycles. The van der Waals surface area contributed by atoms with Crippen LogP contribution in [0.15, 0.2) is 12.1 Å². The lowest BCUT2D eigenvalue weighted by atomic mass is 9.73. The van der Waals surface area contributed by atoms with Gasteiger partial charge in [0.25, 0.3) is 0 Å². The predicted molar refractivity (Wildman–Crippen MR) is 56.1 cm³/mol. The number of benzene rings is 1. The molecule has 0 atom stereocenters. The quantitative estimate of drug-likeness (QED) is 0.463. The molecule has 8 heteroatoms. The molecule has 0 amide bonds. The fraction of sp³-hybridized carbons (Fsp3) is 0. The highest BCUT2D eigenvalue weighted by Gasteiger charge is 2.22. The molecular weight excluding hydrogens is 229 g/mol. The summed E-state index contributed by atoms with van der Waals surface area (Å²) < 4.78 is 0. The van der Waals surface area contributed by atoms with Gasteiger partial charge < -0.3 is 20.1 Å². The summed E-state index contributed by atoms with van der Waals surface area (Å²) in [6.45, 7) is 0. The molecule has 4 N–H and O–H groups in total. The van der Waals surface area contributed by atoms with E-state index in [-0.39, 0.29) is 21.0 Å². The van der Waals surface area contributed by atoms with Crippen LogP contribution >= 0.6 is 23.2 Å². The van der Waals surface area contributed by atoms with Crippen LogP contribution in [0.3, 0.4) is 0 Å². The van der Waals surface area contributed by atoms with E-state index in [1.165, 1.54) is 6.07 Å². The molecule has 0 fully saturated rings. The van der Waals surface area contributed by atoms with Crippen LogP contribution in [0.2, 0.25) is 10.0 Å². The zero-order valence-corrected chi connectivity index (χ0v) is 8.37. The molecule has 1 aromatic rings. The highest BCUT2D eigenvalue weighted by molar-refractivity contribution is 6.67. The van der Waals surface area contributed by atoms with Crippen molar-refractivity contribution in [2.75, 3.05) is 0 Å². The normalized spacial score (nSPS) is 10.1. The van der Waals surface area contributed by atoms with E-state index in [2.05, 4.69) is 0 Å². The molecule has 0 saturated carbocycles. The van der Waals surface area contributed by atoms with E-state index >= 15 is 0 Å². The molecule has 1 rings (SSSR count). The molecule has 0 aliphatic rings. The Morgan fingerprint density at radius 2 is 1.14 bits per heavy atom. The number of hydrogen-bond acceptors (Lipinski definition) is 4. The van der Waals surface area contributed by atoms with Gasteiger partial charge in [-0.15, -0.1) is 0 Å². The van der Waals surface area contributed by atoms with Crippen molar-refractivity contribution in [3.05, 3.63) is 22.2 Å². The molecule has 74 valence electrons. The van der Waals surface area contributed by atoms with Crippen LogP contribution in [0.5, 0.6) is 0 Å². The lowest BCUT2D eigenvalue weighted by Gasteiger charge is -2.08. The number of rotatable bonds is 2. The van der Waals surface area contributed by atoms with Gasteiger partial charge in [0.2, 0.25) is 0 Å². The SMILES string of the molecule is OB(O)c1cc(B(O)O)c(Cl)cc1Cl. The Balaban J connectivity index is 3.27.